The van der Waals surface area contributed by atoms with E-state index in [0.29, 0.717) is 0 Å². The summed E-state index contributed by atoms with van der Waals surface area (Å²) >= 11 is 17.4. The zero-order valence-corrected chi connectivity index (χ0v) is 13.6. The van der Waals surface area contributed by atoms with Crippen LogP contribution in [-0.2, 0) is 13.0 Å². The molecule has 1 N–H and O–H groups in total. The van der Waals surface area contributed by atoms with Crippen molar-refractivity contribution in [2.24, 2.45) is 0 Å². The Morgan fingerprint density at radius 1 is 1.05 bits per heavy atom. The lowest BCUT2D eigenvalue weighted by atomic mass is 10.1. The second-order valence-electron chi connectivity index (χ2n) is 5.03. The van der Waals surface area contributed by atoms with Gasteiger partial charge in [0.05, 0.1) is 0 Å². The highest BCUT2D eigenvalue weighted by Gasteiger charge is 2.19. The fraction of sp³-hybridized carbons (Fsp3) is 0.188. The fourth-order valence-corrected chi connectivity index (χ4v) is 2.97. The molecule has 1 heterocycles. The van der Waals surface area contributed by atoms with Crippen LogP contribution in [0.4, 0.5) is 5.69 Å². The maximum Gasteiger partial charge on any atom is 0.173 e. The lowest BCUT2D eigenvalue weighted by molar-refractivity contribution is 0.417. The van der Waals surface area contributed by atoms with E-state index in [9.17, 15) is 0 Å². The highest BCUT2D eigenvalue weighted by atomic mass is 35.5. The van der Waals surface area contributed by atoms with Gasteiger partial charge in [0.15, 0.2) is 5.11 Å². The summed E-state index contributed by atoms with van der Waals surface area (Å²) < 4.78 is 0. The standard InChI is InChI=1S/C16H14Cl2N2S/c17-13-3-1-11(2-4-13)7-8-20-10-12-9-14(18)5-6-15(12)19-16(20)21/h1-6,9H,7-8,10H2,(H,19,21). The van der Waals surface area contributed by atoms with Gasteiger partial charge in [-0.3, -0.25) is 0 Å². The van der Waals surface area contributed by atoms with Gasteiger partial charge in [-0.1, -0.05) is 35.3 Å². The Balaban J connectivity index is 1.69. The summed E-state index contributed by atoms with van der Waals surface area (Å²) in [7, 11) is 0. The molecule has 0 amide bonds. The normalized spacial score (nSPS) is 13.8. The number of hydrogen-bond acceptors (Lipinski definition) is 1. The third kappa shape index (κ3) is 3.49. The number of fused-ring (bicyclic) bond motifs is 1. The lowest BCUT2D eigenvalue weighted by Gasteiger charge is -2.32. The molecule has 0 radical (unpaired) electrons. The van der Waals surface area contributed by atoms with Gasteiger partial charge in [-0.05, 0) is 60.1 Å². The first-order chi connectivity index (χ1) is 10.1. The number of hydrogen-bond donors (Lipinski definition) is 1. The maximum atomic E-state index is 6.06. The second kappa shape index (κ2) is 6.22. The number of thiocarbonyl (C=S) groups is 1. The third-order valence-corrected chi connectivity index (χ3v) is 4.39. The van der Waals surface area contributed by atoms with Gasteiger partial charge in [-0.25, -0.2) is 0 Å². The fourth-order valence-electron chi connectivity index (χ4n) is 2.38. The van der Waals surface area contributed by atoms with Crippen LogP contribution in [-0.4, -0.2) is 16.6 Å². The van der Waals surface area contributed by atoms with Crippen LogP contribution in [0.25, 0.3) is 0 Å². The van der Waals surface area contributed by atoms with E-state index in [0.717, 1.165) is 40.4 Å². The average molecular weight is 337 g/mol. The molecule has 0 aliphatic carbocycles. The van der Waals surface area contributed by atoms with Crippen LogP contribution < -0.4 is 5.32 Å². The van der Waals surface area contributed by atoms with Crippen molar-refractivity contribution in [3.8, 4) is 0 Å². The molecule has 0 unspecified atom stereocenters. The van der Waals surface area contributed by atoms with Crippen molar-refractivity contribution >= 4 is 46.2 Å². The molecule has 0 bridgehead atoms. The van der Waals surface area contributed by atoms with Gasteiger partial charge in [-0.2, -0.15) is 0 Å². The molecule has 0 saturated heterocycles. The Morgan fingerprint density at radius 2 is 1.76 bits per heavy atom. The number of halogens is 2. The Bertz CT molecular complexity index is 670. The van der Waals surface area contributed by atoms with Crippen LogP contribution in [0.2, 0.25) is 10.0 Å². The van der Waals surface area contributed by atoms with Crippen molar-refractivity contribution in [1.29, 1.82) is 0 Å². The van der Waals surface area contributed by atoms with E-state index in [1.165, 1.54) is 11.1 Å². The van der Waals surface area contributed by atoms with Gasteiger partial charge in [-0.15, -0.1) is 0 Å². The molecule has 0 atom stereocenters. The quantitative estimate of drug-likeness (QED) is 0.814. The molecule has 1 aliphatic heterocycles. The highest BCUT2D eigenvalue weighted by Crippen LogP contribution is 2.26. The number of anilines is 1. The maximum absolute atomic E-state index is 6.06. The molecule has 2 aromatic carbocycles. The summed E-state index contributed by atoms with van der Waals surface area (Å²) in [4.78, 5) is 2.16. The van der Waals surface area contributed by atoms with E-state index in [4.69, 9.17) is 35.4 Å². The first-order valence-electron chi connectivity index (χ1n) is 6.70. The summed E-state index contributed by atoms with van der Waals surface area (Å²) in [6.45, 7) is 1.65. The molecule has 5 heteroatoms. The van der Waals surface area contributed by atoms with Gasteiger partial charge in [0.2, 0.25) is 0 Å². The first-order valence-corrected chi connectivity index (χ1v) is 7.87. The van der Waals surface area contributed by atoms with Crippen molar-refractivity contribution in [2.75, 3.05) is 11.9 Å². The Kier molecular flexibility index (Phi) is 4.34. The highest BCUT2D eigenvalue weighted by molar-refractivity contribution is 7.80. The molecule has 0 spiro atoms. The number of nitrogens with one attached hydrogen (secondary N) is 1. The second-order valence-corrected chi connectivity index (χ2v) is 6.29. The summed E-state index contributed by atoms with van der Waals surface area (Å²) in [5, 5.41) is 5.54. The molecule has 108 valence electrons. The molecule has 2 nitrogen and oxygen atoms in total. The zero-order valence-electron chi connectivity index (χ0n) is 11.3. The summed E-state index contributed by atoms with van der Waals surface area (Å²) in [5.41, 5.74) is 3.47. The molecular formula is C16H14Cl2N2S. The lowest BCUT2D eigenvalue weighted by Crippen LogP contribution is -2.39. The minimum atomic E-state index is 0.751. The largest absolute Gasteiger partial charge is 0.344 e. The van der Waals surface area contributed by atoms with Gasteiger partial charge in [0, 0.05) is 28.8 Å². The molecule has 0 saturated carbocycles. The van der Waals surface area contributed by atoms with Crippen molar-refractivity contribution in [2.45, 2.75) is 13.0 Å². The van der Waals surface area contributed by atoms with Crippen LogP contribution in [0.1, 0.15) is 11.1 Å². The topological polar surface area (TPSA) is 15.3 Å². The van der Waals surface area contributed by atoms with Crippen LogP contribution in [0.3, 0.4) is 0 Å². The summed E-state index contributed by atoms with van der Waals surface area (Å²) in [5.74, 6) is 0. The van der Waals surface area contributed by atoms with Crippen molar-refractivity contribution < 1.29 is 0 Å². The van der Waals surface area contributed by atoms with Crippen molar-refractivity contribution in [3.63, 3.8) is 0 Å². The molecule has 0 fully saturated rings. The molecule has 1 aliphatic rings. The smallest absolute Gasteiger partial charge is 0.173 e. The Labute approximate surface area is 139 Å². The average Bonchev–Trinajstić information content (AvgIpc) is 2.47. The predicted octanol–water partition coefficient (Wildman–Crippen LogP) is 4.75. The summed E-state index contributed by atoms with van der Waals surface area (Å²) in [6.07, 6.45) is 0.925. The van der Waals surface area contributed by atoms with Gasteiger partial charge < -0.3 is 10.2 Å². The van der Waals surface area contributed by atoms with Crippen molar-refractivity contribution in [1.82, 2.24) is 4.90 Å². The number of nitrogens with zero attached hydrogens (tertiary/aromatic N) is 1. The van der Waals surface area contributed by atoms with Crippen LogP contribution in [0, 0.1) is 0 Å². The summed E-state index contributed by atoms with van der Waals surface area (Å²) in [6, 6.07) is 13.8. The van der Waals surface area contributed by atoms with Crippen LogP contribution >= 0.6 is 35.4 Å². The predicted molar refractivity (Wildman–Crippen MR) is 93.2 cm³/mol. The van der Waals surface area contributed by atoms with Gasteiger partial charge >= 0.3 is 0 Å². The van der Waals surface area contributed by atoms with Crippen molar-refractivity contribution in [3.05, 3.63) is 63.6 Å². The van der Waals surface area contributed by atoms with E-state index in [2.05, 4.69) is 10.2 Å². The van der Waals surface area contributed by atoms with E-state index >= 15 is 0 Å². The van der Waals surface area contributed by atoms with Crippen LogP contribution in [0.15, 0.2) is 42.5 Å². The third-order valence-electron chi connectivity index (χ3n) is 3.54. The Hall–Kier alpha value is -1.29. The number of rotatable bonds is 3. The molecular weight excluding hydrogens is 323 g/mol. The monoisotopic (exact) mass is 336 g/mol. The molecule has 3 rings (SSSR count). The van der Waals surface area contributed by atoms with E-state index in [-0.39, 0.29) is 0 Å². The van der Waals surface area contributed by atoms with Gasteiger partial charge in [0.1, 0.15) is 0 Å². The van der Waals surface area contributed by atoms with E-state index in [1.807, 2.05) is 42.5 Å². The zero-order chi connectivity index (χ0) is 14.8. The van der Waals surface area contributed by atoms with Gasteiger partial charge in [0.25, 0.3) is 0 Å². The first kappa shape index (κ1) is 14.6. The Morgan fingerprint density at radius 3 is 2.52 bits per heavy atom. The molecule has 0 aromatic heterocycles. The number of benzene rings is 2. The minimum Gasteiger partial charge on any atom is -0.344 e. The van der Waals surface area contributed by atoms with Crippen LogP contribution in [0.5, 0.6) is 0 Å². The van der Waals surface area contributed by atoms with E-state index < -0.39 is 0 Å². The molecule has 2 aromatic rings. The van der Waals surface area contributed by atoms with E-state index in [1.54, 1.807) is 0 Å². The minimum absolute atomic E-state index is 0.751. The SMILES string of the molecule is S=C1Nc2ccc(Cl)cc2CN1CCc1ccc(Cl)cc1. The molecule has 21 heavy (non-hydrogen) atoms.